The monoisotopic (exact) mass is 703 g/mol. The molecule has 10 aromatic rings. The fourth-order valence-electron chi connectivity index (χ4n) is 7.40. The Bertz CT molecular complexity index is 2860. The molecule has 2 aromatic heterocycles. The zero-order valence-corrected chi connectivity index (χ0v) is 29.8. The number of furan rings is 1. The second-order valence-electron chi connectivity index (χ2n) is 13.6. The fourth-order valence-corrected chi connectivity index (χ4v) is 7.40. The van der Waals surface area contributed by atoms with Gasteiger partial charge >= 0.3 is 0 Å². The van der Waals surface area contributed by atoms with Crippen molar-refractivity contribution in [3.8, 4) is 78.7 Å². The summed E-state index contributed by atoms with van der Waals surface area (Å²) in [6.45, 7) is 0. The van der Waals surface area contributed by atoms with Gasteiger partial charge in [-0.05, 0) is 69.3 Å². The Balaban J connectivity index is 1.20. The highest BCUT2D eigenvalue weighted by molar-refractivity contribution is 6.14. The molecule has 8 aromatic carbocycles. The number of hydrogen-bond acceptors (Lipinski definition) is 4. The van der Waals surface area contributed by atoms with Crippen LogP contribution in [0.5, 0.6) is 0 Å². The lowest BCUT2D eigenvalue weighted by Crippen LogP contribution is -2.00. The molecule has 0 saturated heterocycles. The predicted octanol–water partition coefficient (Wildman–Crippen LogP) is 13.4. The number of para-hydroxylation sites is 1. The summed E-state index contributed by atoms with van der Waals surface area (Å²) in [5, 5.41) is 2.04. The van der Waals surface area contributed by atoms with E-state index in [1.807, 2.05) is 24.3 Å². The summed E-state index contributed by atoms with van der Waals surface area (Å²) >= 11 is 0. The number of hydrogen-bond donors (Lipinski definition) is 0. The molecular weight excluding hydrogens is 671 g/mol. The molecule has 2 heterocycles. The Kier molecular flexibility index (Phi) is 8.12. The molecule has 4 heteroatoms. The van der Waals surface area contributed by atoms with Gasteiger partial charge in [0.15, 0.2) is 17.5 Å². The highest BCUT2D eigenvalue weighted by Gasteiger charge is 2.21. The van der Waals surface area contributed by atoms with Crippen LogP contribution < -0.4 is 0 Å². The molecule has 0 radical (unpaired) electrons. The highest BCUT2D eigenvalue weighted by Crippen LogP contribution is 2.42. The van der Waals surface area contributed by atoms with Crippen LogP contribution in [0.15, 0.2) is 205 Å². The van der Waals surface area contributed by atoms with Gasteiger partial charge in [-0.1, -0.05) is 170 Å². The van der Waals surface area contributed by atoms with E-state index < -0.39 is 0 Å². The third-order valence-corrected chi connectivity index (χ3v) is 10.1. The maximum atomic E-state index is 6.96. The van der Waals surface area contributed by atoms with Crippen molar-refractivity contribution >= 4 is 21.9 Å². The normalized spacial score (nSPS) is 11.3. The maximum absolute atomic E-state index is 6.96. The summed E-state index contributed by atoms with van der Waals surface area (Å²) in [6.07, 6.45) is 0. The largest absolute Gasteiger partial charge is 0.455 e. The minimum absolute atomic E-state index is 0.546. The first-order chi connectivity index (χ1) is 27.2. The Labute approximate surface area is 319 Å². The van der Waals surface area contributed by atoms with Crippen molar-refractivity contribution in [2.24, 2.45) is 0 Å². The number of aromatic nitrogens is 3. The van der Waals surface area contributed by atoms with Gasteiger partial charge in [0.25, 0.3) is 0 Å². The fraction of sp³-hybridized carbons (Fsp3) is 0. The molecule has 0 saturated carbocycles. The first-order valence-electron chi connectivity index (χ1n) is 18.4. The van der Waals surface area contributed by atoms with Crippen molar-refractivity contribution in [3.63, 3.8) is 0 Å². The van der Waals surface area contributed by atoms with Gasteiger partial charge in [0.1, 0.15) is 11.2 Å². The van der Waals surface area contributed by atoms with Crippen LogP contribution in [-0.4, -0.2) is 15.0 Å². The molecule has 10 rings (SSSR count). The van der Waals surface area contributed by atoms with E-state index in [-0.39, 0.29) is 0 Å². The summed E-state index contributed by atoms with van der Waals surface area (Å²) < 4.78 is 6.96. The molecule has 0 aliphatic rings. The molecule has 258 valence electrons. The molecule has 0 spiro atoms. The topological polar surface area (TPSA) is 51.8 Å². The van der Waals surface area contributed by atoms with Gasteiger partial charge in [-0.2, -0.15) is 0 Å². The van der Waals surface area contributed by atoms with E-state index in [9.17, 15) is 0 Å². The van der Waals surface area contributed by atoms with Gasteiger partial charge in [0.05, 0.1) is 5.56 Å². The van der Waals surface area contributed by atoms with Crippen LogP contribution in [-0.2, 0) is 0 Å². The Morgan fingerprint density at radius 3 is 1.22 bits per heavy atom. The Morgan fingerprint density at radius 2 is 0.673 bits per heavy atom. The van der Waals surface area contributed by atoms with Crippen molar-refractivity contribution in [1.82, 2.24) is 15.0 Å². The number of nitrogens with zero attached hydrogens (tertiary/aromatic N) is 3. The van der Waals surface area contributed by atoms with Crippen LogP contribution in [0, 0.1) is 0 Å². The van der Waals surface area contributed by atoms with Crippen LogP contribution in [0.2, 0.25) is 0 Å². The van der Waals surface area contributed by atoms with Gasteiger partial charge < -0.3 is 4.42 Å². The van der Waals surface area contributed by atoms with E-state index in [1.165, 1.54) is 0 Å². The van der Waals surface area contributed by atoms with Crippen molar-refractivity contribution in [2.75, 3.05) is 0 Å². The van der Waals surface area contributed by atoms with Gasteiger partial charge in [0, 0.05) is 27.5 Å². The molecule has 55 heavy (non-hydrogen) atoms. The summed E-state index contributed by atoms with van der Waals surface area (Å²) in [5.41, 5.74) is 13.0. The first-order valence-corrected chi connectivity index (χ1v) is 18.4. The van der Waals surface area contributed by atoms with Crippen LogP contribution in [0.1, 0.15) is 0 Å². The maximum Gasteiger partial charge on any atom is 0.167 e. The number of fused-ring (bicyclic) bond motifs is 3. The molecule has 0 unspecified atom stereocenters. The zero-order chi connectivity index (χ0) is 36.6. The van der Waals surface area contributed by atoms with Crippen LogP contribution in [0.3, 0.4) is 0 Å². The molecule has 0 aliphatic carbocycles. The SMILES string of the molecule is c1ccc(-c2cccc(-c3nc(-c4cccc(-c5ccccc5)c4)nc(-c4cccc5c4oc4c(-c6ccccc6)cc(-c6ccccc6)cc45)n3)c2)cc1. The lowest BCUT2D eigenvalue weighted by Gasteiger charge is -2.11. The zero-order valence-electron chi connectivity index (χ0n) is 29.8. The van der Waals surface area contributed by atoms with Gasteiger partial charge in [0.2, 0.25) is 0 Å². The van der Waals surface area contributed by atoms with Gasteiger partial charge in [-0.3, -0.25) is 0 Å². The van der Waals surface area contributed by atoms with E-state index in [4.69, 9.17) is 19.4 Å². The number of benzene rings is 8. The lowest BCUT2D eigenvalue weighted by molar-refractivity contribution is 0.670. The van der Waals surface area contributed by atoms with Crippen molar-refractivity contribution in [3.05, 3.63) is 200 Å². The predicted molar refractivity (Wildman–Crippen MR) is 225 cm³/mol. The molecule has 0 atom stereocenters. The molecule has 0 fully saturated rings. The third-order valence-electron chi connectivity index (χ3n) is 10.1. The average molecular weight is 704 g/mol. The number of rotatable bonds is 7. The van der Waals surface area contributed by atoms with Crippen LogP contribution in [0.4, 0.5) is 0 Å². The van der Waals surface area contributed by atoms with Crippen molar-refractivity contribution in [2.45, 2.75) is 0 Å². The van der Waals surface area contributed by atoms with Crippen LogP contribution >= 0.6 is 0 Å². The molecule has 0 amide bonds. The van der Waals surface area contributed by atoms with Gasteiger partial charge in [-0.25, -0.2) is 15.0 Å². The van der Waals surface area contributed by atoms with Gasteiger partial charge in [-0.15, -0.1) is 0 Å². The smallest absolute Gasteiger partial charge is 0.167 e. The first kappa shape index (κ1) is 32.2. The second kappa shape index (κ2) is 13.8. The average Bonchev–Trinajstić information content (AvgIpc) is 3.66. The Morgan fingerprint density at radius 1 is 0.255 bits per heavy atom. The van der Waals surface area contributed by atoms with Crippen molar-refractivity contribution in [1.29, 1.82) is 0 Å². The van der Waals surface area contributed by atoms with E-state index in [1.54, 1.807) is 0 Å². The van der Waals surface area contributed by atoms with E-state index >= 15 is 0 Å². The molecule has 0 N–H and O–H groups in total. The molecule has 0 bridgehead atoms. The summed E-state index contributed by atoms with van der Waals surface area (Å²) in [5.74, 6) is 1.73. The summed E-state index contributed by atoms with van der Waals surface area (Å²) in [7, 11) is 0. The van der Waals surface area contributed by atoms with E-state index in [0.717, 1.165) is 83.1 Å². The van der Waals surface area contributed by atoms with Crippen molar-refractivity contribution < 1.29 is 4.42 Å². The van der Waals surface area contributed by atoms with E-state index in [2.05, 4.69) is 176 Å². The summed E-state index contributed by atoms with van der Waals surface area (Å²) in [6, 6.07) is 69.2. The standard InChI is InChI=1S/C51H33N3O/c1-5-16-34(17-6-1)38-24-13-26-40(30-38)49-52-50(41-27-14-25-39(31-41)35-18-7-2-8-19-35)54-51(53-49)44-29-15-28-43-46-33-42(36-20-9-3-10-21-36)32-45(48(46)55-47(43)44)37-22-11-4-12-23-37/h1-33H. The minimum Gasteiger partial charge on any atom is -0.455 e. The lowest BCUT2D eigenvalue weighted by atomic mass is 9.95. The Hall–Kier alpha value is -7.43. The van der Waals surface area contributed by atoms with E-state index in [0.29, 0.717) is 17.5 Å². The highest BCUT2D eigenvalue weighted by atomic mass is 16.3. The molecular formula is C51H33N3O. The van der Waals surface area contributed by atoms with Crippen LogP contribution in [0.25, 0.3) is 101 Å². The molecule has 0 aliphatic heterocycles. The minimum atomic E-state index is 0.546. The quantitative estimate of drug-likeness (QED) is 0.166. The molecule has 4 nitrogen and oxygen atoms in total. The third kappa shape index (κ3) is 6.16. The second-order valence-corrected chi connectivity index (χ2v) is 13.6. The summed E-state index contributed by atoms with van der Waals surface area (Å²) in [4.78, 5) is 15.5.